The van der Waals surface area contributed by atoms with Gasteiger partial charge in [0.15, 0.2) is 5.78 Å². The maximum absolute atomic E-state index is 13.1. The molecular weight excluding hydrogens is 253 g/mol. The average molecular weight is 269 g/mol. The molecule has 1 N–H and O–H groups in total. The third-order valence-electron chi connectivity index (χ3n) is 3.80. The Morgan fingerprint density at radius 2 is 2.10 bits per heavy atom. The fourth-order valence-corrected chi connectivity index (χ4v) is 2.60. The van der Waals surface area contributed by atoms with Crippen molar-refractivity contribution in [2.45, 2.75) is 19.8 Å². The molecule has 2 aromatic carbocycles. The van der Waals surface area contributed by atoms with Gasteiger partial charge >= 0.3 is 0 Å². The van der Waals surface area contributed by atoms with Gasteiger partial charge in [0, 0.05) is 24.2 Å². The molecule has 0 fully saturated rings. The fraction of sp³-hybridized carbons (Fsp3) is 0.235. The first-order valence-corrected chi connectivity index (χ1v) is 6.78. The number of fused-ring (bicyclic) bond motifs is 1. The van der Waals surface area contributed by atoms with Crippen molar-refractivity contribution in [1.82, 2.24) is 0 Å². The minimum atomic E-state index is -0.263. The van der Waals surface area contributed by atoms with E-state index < -0.39 is 0 Å². The molecule has 0 saturated heterocycles. The van der Waals surface area contributed by atoms with Gasteiger partial charge in [-0.1, -0.05) is 18.2 Å². The maximum atomic E-state index is 13.1. The first kappa shape index (κ1) is 12.9. The van der Waals surface area contributed by atoms with E-state index in [1.54, 1.807) is 6.07 Å². The molecule has 1 heterocycles. The summed E-state index contributed by atoms with van der Waals surface area (Å²) in [7, 11) is 0. The van der Waals surface area contributed by atoms with E-state index in [1.165, 1.54) is 17.7 Å². The van der Waals surface area contributed by atoms with Crippen LogP contribution in [0.4, 0.5) is 10.1 Å². The molecule has 2 nitrogen and oxygen atoms in total. The van der Waals surface area contributed by atoms with Crippen LogP contribution in [-0.4, -0.2) is 12.3 Å². The molecule has 2 aromatic rings. The van der Waals surface area contributed by atoms with Crippen molar-refractivity contribution >= 4 is 11.5 Å². The van der Waals surface area contributed by atoms with E-state index in [9.17, 15) is 9.18 Å². The van der Waals surface area contributed by atoms with Crippen LogP contribution in [0.25, 0.3) is 0 Å². The highest BCUT2D eigenvalue weighted by Crippen LogP contribution is 2.24. The predicted octanol–water partition coefficient (Wildman–Crippen LogP) is 3.53. The van der Waals surface area contributed by atoms with Crippen LogP contribution in [0.2, 0.25) is 0 Å². The van der Waals surface area contributed by atoms with Gasteiger partial charge in [-0.2, -0.15) is 0 Å². The lowest BCUT2D eigenvalue weighted by Crippen LogP contribution is -2.05. The number of benzene rings is 2. The fourth-order valence-electron chi connectivity index (χ4n) is 2.60. The van der Waals surface area contributed by atoms with Gasteiger partial charge in [0.05, 0.1) is 0 Å². The van der Waals surface area contributed by atoms with Crippen molar-refractivity contribution in [2.75, 3.05) is 11.9 Å². The zero-order chi connectivity index (χ0) is 14.1. The molecule has 3 heteroatoms. The Morgan fingerprint density at radius 3 is 2.90 bits per heavy atom. The summed E-state index contributed by atoms with van der Waals surface area (Å²) >= 11 is 0. The highest BCUT2D eigenvalue weighted by Gasteiger charge is 2.14. The van der Waals surface area contributed by atoms with Crippen molar-refractivity contribution in [3.8, 4) is 0 Å². The summed E-state index contributed by atoms with van der Waals surface area (Å²) in [6, 6.07) is 10.4. The number of hydrogen-bond donors (Lipinski definition) is 1. The number of rotatable bonds is 3. The van der Waals surface area contributed by atoms with Crippen LogP contribution in [0.3, 0.4) is 0 Å². The van der Waals surface area contributed by atoms with E-state index in [2.05, 4.69) is 5.32 Å². The third-order valence-corrected chi connectivity index (χ3v) is 3.80. The SMILES string of the molecule is Cc1cc(F)ccc1CC(=O)c1ccc2c(c1)NCC2. The van der Waals surface area contributed by atoms with Gasteiger partial charge in [0.25, 0.3) is 0 Å². The van der Waals surface area contributed by atoms with Gasteiger partial charge in [0.2, 0.25) is 0 Å². The molecule has 0 radical (unpaired) electrons. The van der Waals surface area contributed by atoms with Crippen molar-refractivity contribution in [3.05, 3.63) is 64.5 Å². The predicted molar refractivity (Wildman–Crippen MR) is 77.8 cm³/mol. The quantitative estimate of drug-likeness (QED) is 0.864. The van der Waals surface area contributed by atoms with E-state index >= 15 is 0 Å². The van der Waals surface area contributed by atoms with E-state index in [0.717, 1.165) is 29.8 Å². The molecule has 1 aliphatic heterocycles. The molecule has 1 aliphatic rings. The van der Waals surface area contributed by atoms with Crippen LogP contribution >= 0.6 is 0 Å². The number of halogens is 1. The molecule has 3 rings (SSSR count). The highest BCUT2D eigenvalue weighted by atomic mass is 19.1. The normalized spacial score (nSPS) is 12.9. The second-order valence-corrected chi connectivity index (χ2v) is 5.22. The summed E-state index contributed by atoms with van der Waals surface area (Å²) in [6.45, 7) is 2.76. The third kappa shape index (κ3) is 2.44. The maximum Gasteiger partial charge on any atom is 0.167 e. The zero-order valence-electron chi connectivity index (χ0n) is 11.4. The Hall–Kier alpha value is -2.16. The standard InChI is InChI=1S/C17H16FNO/c1-11-8-15(18)5-4-13(11)10-17(20)14-3-2-12-6-7-19-16(12)9-14/h2-5,8-9,19H,6-7,10H2,1H3. The number of anilines is 1. The molecule has 0 unspecified atom stereocenters. The minimum Gasteiger partial charge on any atom is -0.384 e. The van der Waals surface area contributed by atoms with Crippen LogP contribution in [0.5, 0.6) is 0 Å². The lowest BCUT2D eigenvalue weighted by molar-refractivity contribution is 0.0993. The summed E-state index contributed by atoms with van der Waals surface area (Å²) in [6.07, 6.45) is 1.33. The largest absolute Gasteiger partial charge is 0.384 e. The zero-order valence-corrected chi connectivity index (χ0v) is 11.4. The van der Waals surface area contributed by atoms with Crippen LogP contribution in [-0.2, 0) is 12.8 Å². The molecule has 0 atom stereocenters. The lowest BCUT2D eigenvalue weighted by Gasteiger charge is -2.07. The second-order valence-electron chi connectivity index (χ2n) is 5.22. The van der Waals surface area contributed by atoms with Gasteiger partial charge in [-0.3, -0.25) is 4.79 Å². The molecule has 0 bridgehead atoms. The highest BCUT2D eigenvalue weighted by molar-refractivity contribution is 5.98. The summed E-state index contributed by atoms with van der Waals surface area (Å²) in [5.41, 5.74) is 4.73. The lowest BCUT2D eigenvalue weighted by atomic mass is 9.98. The van der Waals surface area contributed by atoms with Crippen molar-refractivity contribution < 1.29 is 9.18 Å². The number of nitrogens with one attached hydrogen (secondary N) is 1. The second kappa shape index (κ2) is 5.08. The van der Waals surface area contributed by atoms with Gasteiger partial charge in [-0.25, -0.2) is 4.39 Å². The molecule has 20 heavy (non-hydrogen) atoms. The summed E-state index contributed by atoms with van der Waals surface area (Å²) < 4.78 is 13.1. The number of aryl methyl sites for hydroxylation is 1. The summed E-state index contributed by atoms with van der Waals surface area (Å²) in [4.78, 5) is 12.3. The average Bonchev–Trinajstić information content (AvgIpc) is 2.89. The number of Topliss-reactive ketones (excluding diaryl/α,β-unsaturated/α-hetero) is 1. The van der Waals surface area contributed by atoms with Crippen molar-refractivity contribution in [3.63, 3.8) is 0 Å². The topological polar surface area (TPSA) is 29.1 Å². The Morgan fingerprint density at radius 1 is 1.25 bits per heavy atom. The number of carbonyl (C=O) groups is 1. The first-order chi connectivity index (χ1) is 9.63. The Bertz CT molecular complexity index is 679. The van der Waals surface area contributed by atoms with Gasteiger partial charge in [0.1, 0.15) is 5.82 Å². The van der Waals surface area contributed by atoms with Crippen LogP contribution in [0.15, 0.2) is 36.4 Å². The number of carbonyl (C=O) groups excluding carboxylic acids is 1. The van der Waals surface area contributed by atoms with Gasteiger partial charge < -0.3 is 5.32 Å². The van der Waals surface area contributed by atoms with Gasteiger partial charge in [-0.15, -0.1) is 0 Å². The van der Waals surface area contributed by atoms with Crippen molar-refractivity contribution in [1.29, 1.82) is 0 Å². The van der Waals surface area contributed by atoms with Crippen LogP contribution < -0.4 is 5.32 Å². The van der Waals surface area contributed by atoms with Crippen molar-refractivity contribution in [2.24, 2.45) is 0 Å². The number of ketones is 1. The van der Waals surface area contributed by atoms with E-state index in [0.29, 0.717) is 12.0 Å². The monoisotopic (exact) mass is 269 g/mol. The van der Waals surface area contributed by atoms with Crippen LogP contribution in [0.1, 0.15) is 27.0 Å². The molecule has 0 amide bonds. The van der Waals surface area contributed by atoms with E-state index in [1.807, 2.05) is 25.1 Å². The Kier molecular flexibility index (Phi) is 3.26. The molecular formula is C17H16FNO. The number of hydrogen-bond acceptors (Lipinski definition) is 2. The van der Waals surface area contributed by atoms with E-state index in [-0.39, 0.29) is 11.6 Å². The Balaban J connectivity index is 1.82. The molecule has 0 spiro atoms. The Labute approximate surface area is 117 Å². The smallest absolute Gasteiger partial charge is 0.167 e. The molecule has 102 valence electrons. The summed E-state index contributed by atoms with van der Waals surface area (Å²) in [5.74, 6) is -0.198. The minimum absolute atomic E-state index is 0.0659. The molecule has 0 aromatic heterocycles. The summed E-state index contributed by atoms with van der Waals surface area (Å²) in [5, 5.41) is 3.28. The molecule has 0 saturated carbocycles. The first-order valence-electron chi connectivity index (χ1n) is 6.78. The van der Waals surface area contributed by atoms with E-state index in [4.69, 9.17) is 0 Å². The molecule has 0 aliphatic carbocycles. The van der Waals surface area contributed by atoms with Crippen LogP contribution in [0, 0.1) is 12.7 Å². The van der Waals surface area contributed by atoms with Gasteiger partial charge in [-0.05, 0) is 48.2 Å².